The van der Waals surface area contributed by atoms with Gasteiger partial charge in [0.05, 0.1) is 0 Å². The summed E-state index contributed by atoms with van der Waals surface area (Å²) in [5.74, 6) is 1.68. The normalized spacial score (nSPS) is 16.4. The Balaban J connectivity index is 1.60. The van der Waals surface area contributed by atoms with E-state index in [1.54, 1.807) is 18.4 Å². The number of nitrogens with zero attached hydrogens (tertiary/aromatic N) is 1. The number of nitrogens with one attached hydrogen (secondary N) is 3. The van der Waals surface area contributed by atoms with Crippen molar-refractivity contribution in [1.82, 2.24) is 16.0 Å². The van der Waals surface area contributed by atoms with E-state index >= 15 is 0 Å². The molecule has 0 saturated heterocycles. The molecule has 116 valence electrons. The molecule has 0 radical (unpaired) electrons. The molecular weight excluding hydrogens is 284 g/mol. The highest BCUT2D eigenvalue weighted by Gasteiger charge is 2.28. The smallest absolute Gasteiger partial charge is 0.223 e. The molecule has 21 heavy (non-hydrogen) atoms. The van der Waals surface area contributed by atoms with E-state index in [0.717, 1.165) is 25.3 Å². The number of guanidine groups is 1. The zero-order valence-electron chi connectivity index (χ0n) is 12.7. The van der Waals surface area contributed by atoms with Gasteiger partial charge in [0, 0.05) is 32.6 Å². The summed E-state index contributed by atoms with van der Waals surface area (Å²) in [5.41, 5.74) is 1.35. The number of thiophene rings is 1. The fraction of sp³-hybridized carbons (Fsp3) is 0.600. The molecule has 1 atom stereocenters. The Morgan fingerprint density at radius 3 is 2.76 bits per heavy atom. The van der Waals surface area contributed by atoms with Crippen molar-refractivity contribution in [1.29, 1.82) is 0 Å². The van der Waals surface area contributed by atoms with Gasteiger partial charge in [-0.1, -0.05) is 6.92 Å². The molecule has 1 aromatic rings. The molecule has 0 spiro atoms. The molecule has 1 unspecified atom stereocenters. The van der Waals surface area contributed by atoms with Crippen LogP contribution in [0.4, 0.5) is 0 Å². The third-order valence-corrected chi connectivity index (χ3v) is 4.28. The number of amides is 1. The molecule has 1 saturated carbocycles. The van der Waals surface area contributed by atoms with Gasteiger partial charge in [0.25, 0.3) is 0 Å². The first-order valence-corrected chi connectivity index (χ1v) is 8.39. The lowest BCUT2D eigenvalue weighted by atomic mass is 10.1. The Morgan fingerprint density at radius 2 is 2.14 bits per heavy atom. The summed E-state index contributed by atoms with van der Waals surface area (Å²) in [6.45, 7) is 4.35. The van der Waals surface area contributed by atoms with Gasteiger partial charge in [0.1, 0.15) is 0 Å². The fourth-order valence-corrected chi connectivity index (χ4v) is 2.78. The fourth-order valence-electron chi connectivity index (χ4n) is 2.00. The number of carbonyl (C=O) groups excluding carboxylic acids is 1. The first-order valence-electron chi connectivity index (χ1n) is 7.45. The van der Waals surface area contributed by atoms with Crippen LogP contribution in [0.5, 0.6) is 0 Å². The molecule has 5 nitrogen and oxygen atoms in total. The molecule has 2 rings (SSSR count). The Bertz CT molecular complexity index is 468. The second-order valence-corrected chi connectivity index (χ2v) is 6.18. The standard InChI is InChI=1S/C15H24N4OS/c1-11(13-5-8-21-10-13)9-19-15(16-2)18-7-6-17-14(20)12-3-4-12/h5,8,10-12H,3-4,6-7,9H2,1-2H3,(H,17,20)(H2,16,18,19). The summed E-state index contributed by atoms with van der Waals surface area (Å²) in [6.07, 6.45) is 2.09. The van der Waals surface area contributed by atoms with Crippen LogP contribution < -0.4 is 16.0 Å². The van der Waals surface area contributed by atoms with Gasteiger partial charge < -0.3 is 16.0 Å². The topological polar surface area (TPSA) is 65.5 Å². The lowest BCUT2D eigenvalue weighted by molar-refractivity contribution is -0.122. The zero-order valence-corrected chi connectivity index (χ0v) is 13.5. The van der Waals surface area contributed by atoms with Crippen molar-refractivity contribution in [3.63, 3.8) is 0 Å². The number of hydrogen-bond donors (Lipinski definition) is 3. The molecule has 1 aromatic heterocycles. The quantitative estimate of drug-likeness (QED) is 0.407. The van der Waals surface area contributed by atoms with Crippen LogP contribution in [0.15, 0.2) is 21.8 Å². The highest BCUT2D eigenvalue weighted by atomic mass is 32.1. The van der Waals surface area contributed by atoms with Gasteiger partial charge in [-0.25, -0.2) is 0 Å². The average molecular weight is 308 g/mol. The predicted octanol–water partition coefficient (Wildman–Crippen LogP) is 1.54. The second-order valence-electron chi connectivity index (χ2n) is 5.40. The molecule has 1 amide bonds. The van der Waals surface area contributed by atoms with Crippen molar-refractivity contribution in [2.45, 2.75) is 25.7 Å². The van der Waals surface area contributed by atoms with E-state index in [9.17, 15) is 4.79 Å². The first-order chi connectivity index (χ1) is 10.2. The molecule has 0 aliphatic heterocycles. The van der Waals surface area contributed by atoms with Crippen molar-refractivity contribution in [2.24, 2.45) is 10.9 Å². The van der Waals surface area contributed by atoms with Gasteiger partial charge in [0.15, 0.2) is 5.96 Å². The van der Waals surface area contributed by atoms with Gasteiger partial charge in [-0.3, -0.25) is 9.79 Å². The van der Waals surface area contributed by atoms with E-state index < -0.39 is 0 Å². The van der Waals surface area contributed by atoms with Crippen molar-refractivity contribution in [3.8, 4) is 0 Å². The van der Waals surface area contributed by atoms with Gasteiger partial charge >= 0.3 is 0 Å². The Kier molecular flexibility index (Phi) is 6.04. The minimum absolute atomic E-state index is 0.186. The largest absolute Gasteiger partial charge is 0.356 e. The SMILES string of the molecule is CN=C(NCCNC(=O)C1CC1)NCC(C)c1ccsc1. The van der Waals surface area contributed by atoms with Crippen LogP contribution in [0, 0.1) is 5.92 Å². The van der Waals surface area contributed by atoms with Crippen LogP contribution in [-0.2, 0) is 4.79 Å². The van der Waals surface area contributed by atoms with E-state index in [1.807, 2.05) is 0 Å². The number of rotatable bonds is 7. The summed E-state index contributed by atoms with van der Waals surface area (Å²) in [4.78, 5) is 15.7. The summed E-state index contributed by atoms with van der Waals surface area (Å²) in [6, 6.07) is 2.15. The molecule has 0 aromatic carbocycles. The first kappa shape index (κ1) is 15.8. The molecule has 3 N–H and O–H groups in total. The maximum atomic E-state index is 11.5. The van der Waals surface area contributed by atoms with Crippen molar-refractivity contribution in [2.75, 3.05) is 26.7 Å². The van der Waals surface area contributed by atoms with E-state index in [-0.39, 0.29) is 11.8 Å². The van der Waals surface area contributed by atoms with Crippen LogP contribution in [0.1, 0.15) is 31.2 Å². The summed E-state index contributed by atoms with van der Waals surface area (Å²) in [5, 5.41) is 13.7. The van der Waals surface area contributed by atoms with Crippen molar-refractivity contribution < 1.29 is 4.79 Å². The third kappa shape index (κ3) is 5.38. The molecule has 1 fully saturated rings. The second kappa shape index (κ2) is 8.02. The van der Waals surface area contributed by atoms with Gasteiger partial charge in [0.2, 0.25) is 5.91 Å². The third-order valence-electron chi connectivity index (χ3n) is 3.58. The monoisotopic (exact) mass is 308 g/mol. The number of aliphatic imine (C=N–C) groups is 1. The zero-order chi connectivity index (χ0) is 15.1. The lowest BCUT2D eigenvalue weighted by Crippen LogP contribution is -2.42. The Morgan fingerprint density at radius 1 is 1.38 bits per heavy atom. The van der Waals surface area contributed by atoms with Crippen LogP contribution in [-0.4, -0.2) is 38.5 Å². The van der Waals surface area contributed by atoms with Crippen LogP contribution in [0.25, 0.3) is 0 Å². The van der Waals surface area contributed by atoms with Crippen molar-refractivity contribution in [3.05, 3.63) is 22.4 Å². The number of carbonyl (C=O) groups is 1. The van der Waals surface area contributed by atoms with Crippen LogP contribution in [0.3, 0.4) is 0 Å². The Labute approximate surface area is 130 Å². The maximum absolute atomic E-state index is 11.5. The van der Waals surface area contributed by atoms with Crippen LogP contribution >= 0.6 is 11.3 Å². The average Bonchev–Trinajstić information content (AvgIpc) is 3.20. The van der Waals surface area contributed by atoms with Crippen LogP contribution in [0.2, 0.25) is 0 Å². The summed E-state index contributed by atoms with van der Waals surface area (Å²) >= 11 is 1.72. The van der Waals surface area contributed by atoms with Crippen molar-refractivity contribution >= 4 is 23.2 Å². The molecule has 1 aliphatic rings. The van der Waals surface area contributed by atoms with E-state index in [4.69, 9.17) is 0 Å². The summed E-state index contributed by atoms with van der Waals surface area (Å²) < 4.78 is 0. The summed E-state index contributed by atoms with van der Waals surface area (Å²) in [7, 11) is 1.76. The van der Waals surface area contributed by atoms with Gasteiger partial charge in [-0.2, -0.15) is 11.3 Å². The molecule has 1 aliphatic carbocycles. The number of hydrogen-bond acceptors (Lipinski definition) is 3. The minimum atomic E-state index is 0.186. The van der Waals surface area contributed by atoms with E-state index in [1.165, 1.54) is 5.56 Å². The highest BCUT2D eigenvalue weighted by Crippen LogP contribution is 2.28. The molecule has 6 heteroatoms. The molecule has 1 heterocycles. The van der Waals surface area contributed by atoms with E-state index in [0.29, 0.717) is 19.0 Å². The van der Waals surface area contributed by atoms with Gasteiger partial charge in [-0.15, -0.1) is 0 Å². The highest BCUT2D eigenvalue weighted by molar-refractivity contribution is 7.07. The minimum Gasteiger partial charge on any atom is -0.356 e. The molecular formula is C15H24N4OS. The van der Waals surface area contributed by atoms with Gasteiger partial charge in [-0.05, 0) is 41.1 Å². The predicted molar refractivity (Wildman–Crippen MR) is 87.8 cm³/mol. The molecule has 0 bridgehead atoms. The lowest BCUT2D eigenvalue weighted by Gasteiger charge is -2.15. The van der Waals surface area contributed by atoms with E-state index in [2.05, 4.69) is 44.7 Å². The Hall–Kier alpha value is -1.56. The maximum Gasteiger partial charge on any atom is 0.223 e.